The highest BCUT2D eigenvalue weighted by Crippen LogP contribution is 2.04. The lowest BCUT2D eigenvalue weighted by molar-refractivity contribution is 0.0696. The van der Waals surface area contributed by atoms with Crippen molar-refractivity contribution in [3.8, 4) is 0 Å². The number of urea groups is 1. The molecule has 5 nitrogen and oxygen atoms in total. The molecule has 0 radical (unpaired) electrons. The molecule has 18 heavy (non-hydrogen) atoms. The Labute approximate surface area is 110 Å². The van der Waals surface area contributed by atoms with Crippen LogP contribution in [0.15, 0.2) is 24.3 Å². The van der Waals surface area contributed by atoms with Crippen LogP contribution in [0.1, 0.15) is 15.9 Å². The fraction of sp³-hybridized carbons (Fsp3) is 0.333. The van der Waals surface area contributed by atoms with Crippen molar-refractivity contribution in [1.82, 2.24) is 10.6 Å². The van der Waals surface area contributed by atoms with Gasteiger partial charge >= 0.3 is 12.0 Å². The van der Waals surface area contributed by atoms with Crippen LogP contribution in [-0.2, 0) is 6.54 Å². The number of benzene rings is 1. The Morgan fingerprint density at radius 2 is 2.11 bits per heavy atom. The molecule has 98 valence electrons. The molecule has 0 fully saturated rings. The molecule has 0 aromatic heterocycles. The highest BCUT2D eigenvalue weighted by molar-refractivity contribution is 7.98. The summed E-state index contributed by atoms with van der Waals surface area (Å²) in [7, 11) is 0. The van der Waals surface area contributed by atoms with Gasteiger partial charge < -0.3 is 15.7 Å². The third kappa shape index (κ3) is 5.09. The Kier molecular flexibility index (Phi) is 6.07. The smallest absolute Gasteiger partial charge is 0.335 e. The van der Waals surface area contributed by atoms with Crippen LogP contribution in [0, 0.1) is 0 Å². The predicted octanol–water partition coefficient (Wildman–Crippen LogP) is 1.55. The van der Waals surface area contributed by atoms with Gasteiger partial charge in [-0.1, -0.05) is 12.1 Å². The molecule has 1 rings (SSSR count). The maximum absolute atomic E-state index is 11.4. The molecule has 0 bridgehead atoms. The van der Waals surface area contributed by atoms with Gasteiger partial charge in [0, 0.05) is 18.8 Å². The van der Waals surface area contributed by atoms with Gasteiger partial charge in [-0.15, -0.1) is 0 Å². The molecular weight excluding hydrogens is 252 g/mol. The summed E-state index contributed by atoms with van der Waals surface area (Å²) in [4.78, 5) is 22.1. The van der Waals surface area contributed by atoms with Crippen LogP contribution in [0.2, 0.25) is 0 Å². The first-order chi connectivity index (χ1) is 8.63. The van der Waals surface area contributed by atoms with Gasteiger partial charge in [-0.05, 0) is 24.0 Å². The number of thioether (sulfide) groups is 1. The van der Waals surface area contributed by atoms with E-state index in [1.807, 2.05) is 6.26 Å². The summed E-state index contributed by atoms with van der Waals surface area (Å²) in [5, 5.41) is 14.2. The van der Waals surface area contributed by atoms with E-state index in [1.165, 1.54) is 6.07 Å². The quantitative estimate of drug-likeness (QED) is 0.684. The van der Waals surface area contributed by atoms with E-state index in [0.717, 1.165) is 11.3 Å². The average Bonchev–Trinajstić information content (AvgIpc) is 2.37. The minimum atomic E-state index is -0.971. The van der Waals surface area contributed by atoms with Gasteiger partial charge in [0.15, 0.2) is 0 Å². The van der Waals surface area contributed by atoms with E-state index in [-0.39, 0.29) is 11.6 Å². The van der Waals surface area contributed by atoms with Crippen molar-refractivity contribution in [2.45, 2.75) is 6.54 Å². The number of aromatic carboxylic acids is 1. The van der Waals surface area contributed by atoms with Gasteiger partial charge in [0.05, 0.1) is 5.56 Å². The third-order valence-corrected chi connectivity index (χ3v) is 2.83. The summed E-state index contributed by atoms with van der Waals surface area (Å²) in [5.41, 5.74) is 0.979. The van der Waals surface area contributed by atoms with E-state index in [2.05, 4.69) is 10.6 Å². The fourth-order valence-corrected chi connectivity index (χ4v) is 1.63. The number of carboxylic acids is 1. The van der Waals surface area contributed by atoms with Crippen molar-refractivity contribution < 1.29 is 14.7 Å². The second kappa shape index (κ2) is 7.60. The van der Waals surface area contributed by atoms with E-state index in [0.29, 0.717) is 13.1 Å². The Morgan fingerprint density at radius 1 is 1.33 bits per heavy atom. The number of nitrogens with one attached hydrogen (secondary N) is 2. The lowest BCUT2D eigenvalue weighted by Crippen LogP contribution is -2.36. The molecule has 0 unspecified atom stereocenters. The van der Waals surface area contributed by atoms with Crippen molar-refractivity contribution in [1.29, 1.82) is 0 Å². The summed E-state index contributed by atoms with van der Waals surface area (Å²) in [6, 6.07) is 6.25. The SMILES string of the molecule is CSCCNC(=O)NCc1cccc(C(=O)O)c1. The topological polar surface area (TPSA) is 78.4 Å². The molecule has 6 heteroatoms. The van der Waals surface area contributed by atoms with Gasteiger partial charge in [0.1, 0.15) is 0 Å². The monoisotopic (exact) mass is 268 g/mol. The number of hydrogen-bond acceptors (Lipinski definition) is 3. The summed E-state index contributed by atoms with van der Waals surface area (Å²) in [6.07, 6.45) is 1.97. The zero-order chi connectivity index (χ0) is 13.4. The number of rotatable bonds is 6. The number of carbonyl (C=O) groups is 2. The first-order valence-electron chi connectivity index (χ1n) is 5.46. The highest BCUT2D eigenvalue weighted by Gasteiger charge is 2.04. The maximum atomic E-state index is 11.4. The molecule has 0 aliphatic heterocycles. The van der Waals surface area contributed by atoms with E-state index in [9.17, 15) is 9.59 Å². The molecule has 3 N–H and O–H groups in total. The van der Waals surface area contributed by atoms with Crippen LogP contribution >= 0.6 is 11.8 Å². The first kappa shape index (κ1) is 14.4. The molecule has 1 aromatic rings. The van der Waals surface area contributed by atoms with Crippen LogP contribution in [-0.4, -0.2) is 35.7 Å². The van der Waals surface area contributed by atoms with Gasteiger partial charge in [-0.3, -0.25) is 0 Å². The lowest BCUT2D eigenvalue weighted by Gasteiger charge is -2.07. The molecule has 0 heterocycles. The Bertz CT molecular complexity index is 424. The molecule has 1 aromatic carbocycles. The third-order valence-electron chi connectivity index (χ3n) is 2.22. The molecule has 0 saturated carbocycles. The van der Waals surface area contributed by atoms with Crippen LogP contribution < -0.4 is 10.6 Å². The number of amides is 2. The molecule has 0 atom stereocenters. The largest absolute Gasteiger partial charge is 0.478 e. The number of hydrogen-bond donors (Lipinski definition) is 3. The Hall–Kier alpha value is -1.69. The van der Waals surface area contributed by atoms with Crippen LogP contribution in [0.25, 0.3) is 0 Å². The molecule has 0 saturated heterocycles. The summed E-state index contributed by atoms with van der Waals surface area (Å²) in [6.45, 7) is 0.925. The molecule has 0 aliphatic rings. The second-order valence-electron chi connectivity index (χ2n) is 3.61. The van der Waals surface area contributed by atoms with Crippen LogP contribution in [0.5, 0.6) is 0 Å². The number of carbonyl (C=O) groups excluding carboxylic acids is 1. The van der Waals surface area contributed by atoms with Gasteiger partial charge in [0.2, 0.25) is 0 Å². The zero-order valence-corrected chi connectivity index (χ0v) is 10.9. The predicted molar refractivity (Wildman–Crippen MR) is 72.0 cm³/mol. The average molecular weight is 268 g/mol. The van der Waals surface area contributed by atoms with Crippen molar-refractivity contribution in [2.75, 3.05) is 18.6 Å². The minimum absolute atomic E-state index is 0.220. The zero-order valence-electron chi connectivity index (χ0n) is 10.1. The fourth-order valence-electron chi connectivity index (χ4n) is 1.33. The molecule has 0 spiro atoms. The van der Waals surface area contributed by atoms with Crippen molar-refractivity contribution in [3.63, 3.8) is 0 Å². The van der Waals surface area contributed by atoms with Gasteiger partial charge in [-0.25, -0.2) is 9.59 Å². The Morgan fingerprint density at radius 3 is 2.78 bits per heavy atom. The highest BCUT2D eigenvalue weighted by atomic mass is 32.2. The summed E-state index contributed by atoms with van der Waals surface area (Å²) < 4.78 is 0. The van der Waals surface area contributed by atoms with E-state index < -0.39 is 5.97 Å². The van der Waals surface area contributed by atoms with Gasteiger partial charge in [-0.2, -0.15) is 11.8 Å². The van der Waals surface area contributed by atoms with E-state index in [4.69, 9.17) is 5.11 Å². The summed E-state index contributed by atoms with van der Waals surface area (Å²) >= 11 is 1.66. The minimum Gasteiger partial charge on any atom is -0.478 e. The van der Waals surface area contributed by atoms with Crippen molar-refractivity contribution >= 4 is 23.8 Å². The van der Waals surface area contributed by atoms with E-state index in [1.54, 1.807) is 30.0 Å². The molecule has 2 amide bonds. The van der Waals surface area contributed by atoms with Crippen molar-refractivity contribution in [3.05, 3.63) is 35.4 Å². The molecular formula is C12H16N2O3S. The van der Waals surface area contributed by atoms with Crippen LogP contribution in [0.4, 0.5) is 4.79 Å². The maximum Gasteiger partial charge on any atom is 0.335 e. The normalized spacial score (nSPS) is 9.83. The standard InChI is InChI=1S/C12H16N2O3S/c1-18-6-5-13-12(17)14-8-9-3-2-4-10(7-9)11(15)16/h2-4,7H,5-6,8H2,1H3,(H,15,16)(H2,13,14,17). The van der Waals surface area contributed by atoms with E-state index >= 15 is 0 Å². The Balaban J connectivity index is 2.41. The second-order valence-corrected chi connectivity index (χ2v) is 4.59. The van der Waals surface area contributed by atoms with Crippen LogP contribution in [0.3, 0.4) is 0 Å². The number of carboxylic acid groups (broad SMARTS) is 1. The lowest BCUT2D eigenvalue weighted by atomic mass is 10.1. The first-order valence-corrected chi connectivity index (χ1v) is 6.85. The summed E-state index contributed by atoms with van der Waals surface area (Å²) in [5.74, 6) is -0.108. The van der Waals surface area contributed by atoms with Gasteiger partial charge in [0.25, 0.3) is 0 Å². The van der Waals surface area contributed by atoms with Crippen molar-refractivity contribution in [2.24, 2.45) is 0 Å². The molecule has 0 aliphatic carbocycles.